The number of nitrogens with two attached hydrogens (primary N) is 1. The number of nitrogens with zero attached hydrogens (tertiary/aromatic N) is 1. The van der Waals surface area contributed by atoms with Gasteiger partial charge in [-0.1, -0.05) is 6.07 Å². The number of rotatable bonds is 4. The number of carbonyl (C=O) groups excluding carboxylic acids is 1. The Kier molecular flexibility index (Phi) is 3.57. The predicted molar refractivity (Wildman–Crippen MR) is 73.3 cm³/mol. The van der Waals surface area contributed by atoms with Gasteiger partial charge in [-0.25, -0.2) is 0 Å². The van der Waals surface area contributed by atoms with Crippen LogP contribution in [0.2, 0.25) is 0 Å². The molecule has 18 heavy (non-hydrogen) atoms. The maximum Gasteiger partial charge on any atom is 0.255 e. The maximum absolute atomic E-state index is 12.4. The third-order valence-corrected chi connectivity index (χ3v) is 3.80. The number of hydrogen-bond acceptors (Lipinski definition) is 3. The lowest BCUT2D eigenvalue weighted by molar-refractivity contribution is 0.0728. The van der Waals surface area contributed by atoms with Crippen LogP contribution in [0.25, 0.3) is 0 Å². The van der Waals surface area contributed by atoms with Crippen molar-refractivity contribution in [2.45, 2.75) is 32.7 Å². The fourth-order valence-corrected chi connectivity index (χ4v) is 2.23. The van der Waals surface area contributed by atoms with Crippen LogP contribution >= 0.6 is 0 Å². The minimum atomic E-state index is 0.0300. The third-order valence-electron chi connectivity index (χ3n) is 3.80. The van der Waals surface area contributed by atoms with E-state index in [1.165, 1.54) is 12.8 Å². The fourth-order valence-electron chi connectivity index (χ4n) is 2.23. The normalized spacial score (nSPS) is 16.2. The summed E-state index contributed by atoms with van der Waals surface area (Å²) in [5.41, 5.74) is 5.02. The van der Waals surface area contributed by atoms with E-state index >= 15 is 0 Å². The van der Waals surface area contributed by atoms with Crippen LogP contribution in [0.1, 0.15) is 35.7 Å². The highest BCUT2D eigenvalue weighted by Gasteiger charge is 2.33. The standard InChI is InChI=1S/C14H21N3O/c1-9-4-7-12(13(8-9)16-15)14(18)17(3)10(2)11-5-6-11/h4,7-8,10-11,16H,5-6,15H2,1-3H3. The van der Waals surface area contributed by atoms with Crippen molar-refractivity contribution in [2.24, 2.45) is 11.8 Å². The van der Waals surface area contributed by atoms with E-state index in [0.717, 1.165) is 5.56 Å². The van der Waals surface area contributed by atoms with Gasteiger partial charge in [0.2, 0.25) is 0 Å². The maximum atomic E-state index is 12.4. The first-order valence-corrected chi connectivity index (χ1v) is 6.39. The third kappa shape index (κ3) is 2.48. The summed E-state index contributed by atoms with van der Waals surface area (Å²) in [7, 11) is 1.87. The zero-order chi connectivity index (χ0) is 13.3. The van der Waals surface area contributed by atoms with E-state index in [0.29, 0.717) is 23.2 Å². The molecule has 0 aliphatic heterocycles. The van der Waals surface area contributed by atoms with Gasteiger partial charge in [0.05, 0.1) is 11.3 Å². The van der Waals surface area contributed by atoms with Crippen molar-refractivity contribution in [3.63, 3.8) is 0 Å². The Hall–Kier alpha value is -1.55. The van der Waals surface area contributed by atoms with E-state index in [4.69, 9.17) is 5.84 Å². The monoisotopic (exact) mass is 247 g/mol. The highest BCUT2D eigenvalue weighted by Crippen LogP contribution is 2.35. The van der Waals surface area contributed by atoms with Gasteiger partial charge in [0.15, 0.2) is 0 Å². The summed E-state index contributed by atoms with van der Waals surface area (Å²) in [6.07, 6.45) is 2.46. The molecular weight excluding hydrogens is 226 g/mol. The molecule has 1 atom stereocenters. The van der Waals surface area contributed by atoms with Crippen LogP contribution in [0, 0.1) is 12.8 Å². The molecule has 1 unspecified atom stereocenters. The van der Waals surface area contributed by atoms with Crippen molar-refractivity contribution in [1.29, 1.82) is 0 Å². The van der Waals surface area contributed by atoms with Gasteiger partial charge in [0, 0.05) is 13.1 Å². The van der Waals surface area contributed by atoms with Crippen molar-refractivity contribution in [2.75, 3.05) is 12.5 Å². The van der Waals surface area contributed by atoms with Crippen LogP contribution in [-0.4, -0.2) is 23.9 Å². The van der Waals surface area contributed by atoms with Crippen LogP contribution < -0.4 is 11.3 Å². The molecule has 0 aromatic heterocycles. The van der Waals surface area contributed by atoms with Crippen LogP contribution in [0.5, 0.6) is 0 Å². The van der Waals surface area contributed by atoms with Crippen molar-refractivity contribution in [1.82, 2.24) is 4.90 Å². The molecule has 0 spiro atoms. The predicted octanol–water partition coefficient (Wildman–Crippen LogP) is 2.15. The number of aryl methyl sites for hydroxylation is 1. The van der Waals surface area contributed by atoms with Gasteiger partial charge in [0.25, 0.3) is 5.91 Å². The van der Waals surface area contributed by atoms with E-state index in [1.807, 2.05) is 37.1 Å². The van der Waals surface area contributed by atoms with E-state index < -0.39 is 0 Å². The summed E-state index contributed by atoms with van der Waals surface area (Å²) in [6.45, 7) is 4.09. The molecule has 98 valence electrons. The summed E-state index contributed by atoms with van der Waals surface area (Å²) in [5, 5.41) is 0. The lowest BCUT2D eigenvalue weighted by atomic mass is 10.1. The smallest absolute Gasteiger partial charge is 0.255 e. The molecule has 0 radical (unpaired) electrons. The first-order chi connectivity index (χ1) is 8.54. The van der Waals surface area contributed by atoms with Gasteiger partial charge in [-0.2, -0.15) is 0 Å². The zero-order valence-corrected chi connectivity index (χ0v) is 11.2. The number of hydrazine groups is 1. The average Bonchev–Trinajstić information content (AvgIpc) is 3.20. The number of anilines is 1. The second-order valence-electron chi connectivity index (χ2n) is 5.19. The molecule has 1 aliphatic rings. The van der Waals surface area contributed by atoms with Crippen LogP contribution in [0.3, 0.4) is 0 Å². The highest BCUT2D eigenvalue weighted by atomic mass is 16.2. The Morgan fingerprint density at radius 3 is 2.72 bits per heavy atom. The minimum absolute atomic E-state index is 0.0300. The Labute approximate surface area is 108 Å². The molecule has 0 heterocycles. The molecule has 1 aromatic rings. The summed E-state index contributed by atoms with van der Waals surface area (Å²) in [6, 6.07) is 5.96. The summed E-state index contributed by atoms with van der Waals surface area (Å²) >= 11 is 0. The second kappa shape index (κ2) is 4.98. The molecule has 2 rings (SSSR count). The quantitative estimate of drug-likeness (QED) is 0.633. The Balaban J connectivity index is 2.21. The van der Waals surface area contributed by atoms with E-state index in [1.54, 1.807) is 0 Å². The molecule has 1 saturated carbocycles. The van der Waals surface area contributed by atoms with E-state index in [2.05, 4.69) is 12.3 Å². The van der Waals surface area contributed by atoms with Crippen molar-refractivity contribution in [3.05, 3.63) is 29.3 Å². The minimum Gasteiger partial charge on any atom is -0.339 e. The van der Waals surface area contributed by atoms with Crippen molar-refractivity contribution < 1.29 is 4.79 Å². The zero-order valence-electron chi connectivity index (χ0n) is 11.2. The molecule has 0 bridgehead atoms. The number of nitrogen functional groups attached to an aromatic ring is 1. The van der Waals surface area contributed by atoms with Gasteiger partial charge < -0.3 is 10.3 Å². The molecule has 1 aromatic carbocycles. The Morgan fingerprint density at radius 2 is 2.17 bits per heavy atom. The number of nitrogens with one attached hydrogen (secondary N) is 1. The second-order valence-corrected chi connectivity index (χ2v) is 5.19. The van der Waals surface area contributed by atoms with Crippen LogP contribution in [-0.2, 0) is 0 Å². The summed E-state index contributed by atoms with van der Waals surface area (Å²) in [4.78, 5) is 14.3. The van der Waals surface area contributed by atoms with Gasteiger partial charge >= 0.3 is 0 Å². The largest absolute Gasteiger partial charge is 0.339 e. The number of hydrogen-bond donors (Lipinski definition) is 2. The average molecular weight is 247 g/mol. The van der Waals surface area contributed by atoms with Crippen LogP contribution in [0.4, 0.5) is 5.69 Å². The fraction of sp³-hybridized carbons (Fsp3) is 0.500. The molecular formula is C14H21N3O. The molecule has 4 nitrogen and oxygen atoms in total. The van der Waals surface area contributed by atoms with Gasteiger partial charge in [-0.3, -0.25) is 10.6 Å². The van der Waals surface area contributed by atoms with Gasteiger partial charge in [-0.05, 0) is 50.3 Å². The lowest BCUT2D eigenvalue weighted by Gasteiger charge is -2.26. The first kappa shape index (κ1) is 12.9. The molecule has 1 aliphatic carbocycles. The highest BCUT2D eigenvalue weighted by molar-refractivity contribution is 5.99. The Morgan fingerprint density at radius 1 is 1.50 bits per heavy atom. The van der Waals surface area contributed by atoms with E-state index in [9.17, 15) is 4.79 Å². The molecule has 1 fully saturated rings. The van der Waals surface area contributed by atoms with Gasteiger partial charge in [0.1, 0.15) is 0 Å². The summed E-state index contributed by atoms with van der Waals surface area (Å²) < 4.78 is 0. The Bertz CT molecular complexity index is 454. The van der Waals surface area contributed by atoms with Crippen molar-refractivity contribution in [3.8, 4) is 0 Å². The molecule has 0 saturated heterocycles. The summed E-state index contributed by atoms with van der Waals surface area (Å²) in [5.74, 6) is 6.18. The molecule has 1 amide bonds. The SMILES string of the molecule is Cc1ccc(C(=O)N(C)C(C)C2CC2)c(NN)c1. The molecule has 3 N–H and O–H groups in total. The van der Waals surface area contributed by atoms with E-state index in [-0.39, 0.29) is 5.91 Å². The van der Waals surface area contributed by atoms with Crippen molar-refractivity contribution >= 4 is 11.6 Å². The van der Waals surface area contributed by atoms with Crippen LogP contribution in [0.15, 0.2) is 18.2 Å². The van der Waals surface area contributed by atoms with Gasteiger partial charge in [-0.15, -0.1) is 0 Å². The molecule has 4 heteroatoms. The number of benzene rings is 1. The number of amides is 1. The first-order valence-electron chi connectivity index (χ1n) is 6.39. The topological polar surface area (TPSA) is 58.4 Å². The lowest BCUT2D eigenvalue weighted by Crippen LogP contribution is -2.37. The number of carbonyl (C=O) groups is 1.